The van der Waals surface area contributed by atoms with Crippen LogP contribution < -0.4 is 15.0 Å². The fraction of sp³-hybridized carbons (Fsp3) is 0.541. The molecule has 1 N–H and O–H groups in total. The maximum Gasteiger partial charge on any atom is 0.235 e. The minimum atomic E-state index is -3.38. The summed E-state index contributed by atoms with van der Waals surface area (Å²) in [5, 5.41) is 4.08. The van der Waals surface area contributed by atoms with Crippen LogP contribution in [-0.4, -0.2) is 56.9 Å². The molecule has 0 spiro atoms. The summed E-state index contributed by atoms with van der Waals surface area (Å²) in [5.41, 5.74) is 4.57. The summed E-state index contributed by atoms with van der Waals surface area (Å²) >= 11 is 1.76. The van der Waals surface area contributed by atoms with Crippen LogP contribution in [-0.2, 0) is 19.4 Å². The molecule has 2 aromatic carbocycles. The molecule has 1 heterocycles. The fourth-order valence-corrected chi connectivity index (χ4v) is 9.04. The molecule has 2 amide bonds. The van der Waals surface area contributed by atoms with Gasteiger partial charge in [0.1, 0.15) is 11.5 Å². The van der Waals surface area contributed by atoms with E-state index in [2.05, 4.69) is 54.7 Å². The predicted octanol–water partition coefficient (Wildman–Crippen LogP) is 7.03. The highest BCUT2D eigenvalue weighted by molar-refractivity contribution is 7.91. The Balaban J connectivity index is 1.16. The van der Waals surface area contributed by atoms with Crippen molar-refractivity contribution in [1.29, 1.82) is 0 Å². The lowest BCUT2D eigenvalue weighted by atomic mass is 9.78. The molecule has 3 aromatic rings. The van der Waals surface area contributed by atoms with Crippen molar-refractivity contribution < 1.29 is 22.7 Å². The Hall–Kier alpha value is -3.24. The minimum Gasteiger partial charge on any atom is -0.496 e. The number of benzene rings is 2. The number of methoxy groups -OCH3 is 1. The number of carbonyl (C=O) groups is 2. The first-order chi connectivity index (χ1) is 22.6. The van der Waals surface area contributed by atoms with E-state index in [1.54, 1.807) is 18.4 Å². The van der Waals surface area contributed by atoms with Gasteiger partial charge >= 0.3 is 0 Å². The Morgan fingerprint density at radius 1 is 0.957 bits per heavy atom. The summed E-state index contributed by atoms with van der Waals surface area (Å²) in [6.07, 6.45) is 12.5. The zero-order chi connectivity index (χ0) is 33.1. The number of aromatic nitrogens is 1. The van der Waals surface area contributed by atoms with Gasteiger partial charge in [0, 0.05) is 42.6 Å². The number of rotatable bonds is 11. The lowest BCUT2D eigenvalue weighted by molar-refractivity contribution is -0.123. The van der Waals surface area contributed by atoms with E-state index in [0.29, 0.717) is 50.0 Å². The van der Waals surface area contributed by atoms with Gasteiger partial charge in [0.15, 0.2) is 9.84 Å². The summed E-state index contributed by atoms with van der Waals surface area (Å²) in [6, 6.07) is 14.8. The highest BCUT2D eigenvalue weighted by Crippen LogP contribution is 2.44. The number of amides is 2. The molecule has 10 heteroatoms. The first kappa shape index (κ1) is 33.7. The van der Waals surface area contributed by atoms with E-state index in [9.17, 15) is 18.0 Å². The van der Waals surface area contributed by atoms with Crippen molar-refractivity contribution in [1.82, 2.24) is 10.3 Å². The highest BCUT2D eigenvalue weighted by atomic mass is 32.2. The standard InChI is InChI=1S/C37H47N3O5S2/c1-24-19-29(15-18-33(24)45-2)26-9-7-25(8-10-26)22-40(32-6-4-5-30(20-32)34-21-38-36(46-34)27-11-12-27)37(42)28-13-16-31(17-14-28)39-35(41)23-47(3,43)44/h4-6,15,18-21,25-28,31H,7-14,16-17,22-23H2,1-3H3,(H,39,41). The van der Waals surface area contributed by atoms with E-state index in [-0.39, 0.29) is 17.9 Å². The molecule has 0 atom stereocenters. The van der Waals surface area contributed by atoms with Crippen LogP contribution in [0.25, 0.3) is 10.4 Å². The summed E-state index contributed by atoms with van der Waals surface area (Å²) in [4.78, 5) is 34.5. The lowest BCUT2D eigenvalue weighted by Crippen LogP contribution is -2.45. The number of aryl methyl sites for hydroxylation is 1. The number of hydrogen-bond donors (Lipinski definition) is 1. The average molecular weight is 678 g/mol. The van der Waals surface area contributed by atoms with E-state index >= 15 is 0 Å². The number of thiazole rings is 1. The Labute approximate surface area is 283 Å². The molecule has 1 aromatic heterocycles. The van der Waals surface area contributed by atoms with Gasteiger partial charge in [-0.1, -0.05) is 24.3 Å². The first-order valence-corrected chi connectivity index (χ1v) is 19.9. The minimum absolute atomic E-state index is 0.103. The molecule has 6 rings (SSSR count). The van der Waals surface area contributed by atoms with Gasteiger partial charge in [-0.3, -0.25) is 9.59 Å². The molecule has 3 fully saturated rings. The van der Waals surface area contributed by atoms with Crippen molar-refractivity contribution >= 4 is 38.7 Å². The fourth-order valence-electron chi connectivity index (χ4n) is 7.39. The number of carbonyl (C=O) groups excluding carboxylic acids is 2. The number of anilines is 1. The molecular weight excluding hydrogens is 631 g/mol. The summed E-state index contributed by atoms with van der Waals surface area (Å²) in [7, 11) is -1.67. The van der Waals surface area contributed by atoms with Gasteiger partial charge in [-0.15, -0.1) is 11.3 Å². The maximum absolute atomic E-state index is 14.4. The third kappa shape index (κ3) is 8.62. The molecule has 3 saturated carbocycles. The monoisotopic (exact) mass is 677 g/mol. The molecule has 3 aliphatic carbocycles. The zero-order valence-electron chi connectivity index (χ0n) is 27.7. The van der Waals surface area contributed by atoms with Crippen molar-refractivity contribution in [3.05, 3.63) is 64.8 Å². The van der Waals surface area contributed by atoms with Crippen LogP contribution in [0.1, 0.15) is 92.2 Å². The van der Waals surface area contributed by atoms with Gasteiger partial charge in [0.2, 0.25) is 11.8 Å². The predicted molar refractivity (Wildman–Crippen MR) is 188 cm³/mol. The summed E-state index contributed by atoms with van der Waals surface area (Å²) in [6.45, 7) is 2.79. The molecular formula is C37H47N3O5S2. The number of sulfone groups is 1. The van der Waals surface area contributed by atoms with Crippen LogP contribution >= 0.6 is 11.3 Å². The Bertz CT molecular complexity index is 1680. The van der Waals surface area contributed by atoms with Gasteiger partial charge in [0.25, 0.3) is 0 Å². The molecule has 3 aliphatic rings. The van der Waals surface area contributed by atoms with Crippen LogP contribution in [0.15, 0.2) is 48.7 Å². The largest absolute Gasteiger partial charge is 0.496 e. The van der Waals surface area contributed by atoms with Crippen molar-refractivity contribution in [2.45, 2.75) is 89.0 Å². The second-order valence-electron chi connectivity index (χ2n) is 14.0. The SMILES string of the molecule is COc1ccc(C2CCC(CN(C(=O)C3CCC(NC(=O)CS(C)(=O)=O)CC3)c3cccc(-c4cnc(C5CC5)s4)c3)CC2)cc1C. The van der Waals surface area contributed by atoms with E-state index in [0.717, 1.165) is 53.8 Å². The smallest absolute Gasteiger partial charge is 0.235 e. The van der Waals surface area contributed by atoms with Gasteiger partial charge in [-0.2, -0.15) is 0 Å². The van der Waals surface area contributed by atoms with E-state index < -0.39 is 21.5 Å². The number of ether oxygens (including phenoxy) is 1. The number of nitrogens with zero attached hydrogens (tertiary/aromatic N) is 2. The van der Waals surface area contributed by atoms with Crippen molar-refractivity contribution in [3.8, 4) is 16.2 Å². The van der Waals surface area contributed by atoms with Crippen LogP contribution in [0.5, 0.6) is 5.75 Å². The topological polar surface area (TPSA) is 106 Å². The molecule has 252 valence electrons. The van der Waals surface area contributed by atoms with Crippen LogP contribution in [0.3, 0.4) is 0 Å². The van der Waals surface area contributed by atoms with E-state index in [4.69, 9.17) is 9.72 Å². The molecule has 0 aliphatic heterocycles. The van der Waals surface area contributed by atoms with Crippen molar-refractivity contribution in [2.75, 3.05) is 30.6 Å². The second-order valence-corrected chi connectivity index (χ2v) is 17.2. The van der Waals surface area contributed by atoms with Gasteiger partial charge in [0.05, 0.1) is 17.0 Å². The summed E-state index contributed by atoms with van der Waals surface area (Å²) < 4.78 is 28.6. The quantitative estimate of drug-likeness (QED) is 0.234. The van der Waals surface area contributed by atoms with Gasteiger partial charge in [-0.25, -0.2) is 13.4 Å². The van der Waals surface area contributed by atoms with Crippen LogP contribution in [0.4, 0.5) is 5.69 Å². The number of hydrogen-bond acceptors (Lipinski definition) is 7. The van der Waals surface area contributed by atoms with Gasteiger partial charge < -0.3 is 15.0 Å². The molecule has 47 heavy (non-hydrogen) atoms. The third-order valence-corrected chi connectivity index (χ3v) is 12.2. The van der Waals surface area contributed by atoms with Crippen molar-refractivity contribution in [3.63, 3.8) is 0 Å². The van der Waals surface area contributed by atoms with Crippen molar-refractivity contribution in [2.24, 2.45) is 11.8 Å². The Morgan fingerprint density at radius 2 is 1.68 bits per heavy atom. The van der Waals surface area contributed by atoms with Crippen LogP contribution in [0.2, 0.25) is 0 Å². The summed E-state index contributed by atoms with van der Waals surface area (Å²) in [5.74, 6) is 1.51. The second kappa shape index (κ2) is 14.5. The lowest BCUT2D eigenvalue weighted by Gasteiger charge is -2.36. The average Bonchev–Trinajstić information content (AvgIpc) is 3.79. The highest BCUT2D eigenvalue weighted by Gasteiger charge is 2.34. The Morgan fingerprint density at radius 3 is 2.34 bits per heavy atom. The van der Waals surface area contributed by atoms with Crippen LogP contribution in [0, 0.1) is 18.8 Å². The maximum atomic E-state index is 14.4. The third-order valence-electron chi connectivity index (χ3n) is 10.2. The van der Waals surface area contributed by atoms with Gasteiger partial charge in [-0.05, 0) is 118 Å². The zero-order valence-corrected chi connectivity index (χ0v) is 29.4. The molecule has 0 bridgehead atoms. The van der Waals surface area contributed by atoms with E-state index in [1.165, 1.54) is 29.0 Å². The number of nitrogens with one attached hydrogen (secondary N) is 1. The molecule has 0 radical (unpaired) electrons. The normalized spacial score (nSPS) is 23.2. The first-order valence-electron chi connectivity index (χ1n) is 17.1. The van der Waals surface area contributed by atoms with E-state index in [1.807, 2.05) is 11.1 Å². The molecule has 0 unspecified atom stereocenters. The molecule has 0 saturated heterocycles. The Kier molecular flexibility index (Phi) is 10.4. The molecule has 8 nitrogen and oxygen atoms in total.